The Morgan fingerprint density at radius 3 is 2.66 bits per heavy atom. The Balaban J connectivity index is 1.48. The van der Waals surface area contributed by atoms with Crippen molar-refractivity contribution in [3.63, 3.8) is 0 Å². The van der Waals surface area contributed by atoms with E-state index in [1.807, 2.05) is 61.5 Å². The van der Waals surface area contributed by atoms with Gasteiger partial charge in [0.05, 0.1) is 11.3 Å². The summed E-state index contributed by atoms with van der Waals surface area (Å²) in [6.07, 6.45) is 0. The van der Waals surface area contributed by atoms with Crippen molar-refractivity contribution in [2.24, 2.45) is 0 Å². The van der Waals surface area contributed by atoms with Gasteiger partial charge in [0.15, 0.2) is 5.82 Å². The number of thioether (sulfide) groups is 1. The molecule has 1 N–H and O–H groups in total. The number of nitrogens with zero attached hydrogens (tertiary/aromatic N) is 4. The van der Waals surface area contributed by atoms with Crippen LogP contribution in [0.2, 0.25) is 0 Å². The van der Waals surface area contributed by atoms with Crippen molar-refractivity contribution in [1.82, 2.24) is 20.2 Å². The van der Waals surface area contributed by atoms with Gasteiger partial charge >= 0.3 is 0 Å². The van der Waals surface area contributed by atoms with Crippen LogP contribution in [0.5, 0.6) is 5.75 Å². The van der Waals surface area contributed by atoms with Crippen LogP contribution in [-0.2, 0) is 11.4 Å². The van der Waals surface area contributed by atoms with Crippen molar-refractivity contribution < 1.29 is 9.53 Å². The maximum atomic E-state index is 12.3. The topological polar surface area (TPSA) is 89.9 Å². The molecule has 0 bridgehead atoms. The van der Waals surface area contributed by atoms with E-state index in [1.54, 1.807) is 0 Å². The predicted octanol–water partition coefficient (Wildman–Crippen LogP) is 4.10. The first-order valence-corrected chi connectivity index (χ1v) is 10.6. The molecule has 29 heavy (non-hydrogen) atoms. The number of hydrogen-bond donors (Lipinski definition) is 1. The highest BCUT2D eigenvalue weighted by atomic mass is 32.2. The number of carbonyl (C=O) groups is 1. The number of aryl methyl sites for hydroxylation is 1. The smallest absolute Gasteiger partial charge is 0.236 e. The lowest BCUT2D eigenvalue weighted by Crippen LogP contribution is -2.14. The summed E-state index contributed by atoms with van der Waals surface area (Å²) in [5, 5.41) is 13.5. The molecule has 2 heterocycles. The summed E-state index contributed by atoms with van der Waals surface area (Å²) in [4.78, 5) is 21.5. The molecule has 4 aromatic rings. The van der Waals surface area contributed by atoms with Crippen molar-refractivity contribution in [1.29, 1.82) is 0 Å². The molecule has 0 saturated heterocycles. The highest BCUT2D eigenvalue weighted by Crippen LogP contribution is 2.26. The van der Waals surface area contributed by atoms with Crippen molar-refractivity contribution in [2.45, 2.75) is 18.6 Å². The Labute approximate surface area is 175 Å². The minimum atomic E-state index is -0.157. The molecule has 146 valence electrons. The molecule has 0 spiro atoms. The van der Waals surface area contributed by atoms with Crippen LogP contribution in [0.3, 0.4) is 0 Å². The van der Waals surface area contributed by atoms with Gasteiger partial charge in [-0.3, -0.25) is 10.1 Å². The van der Waals surface area contributed by atoms with Crippen molar-refractivity contribution >= 4 is 45.0 Å². The predicted molar refractivity (Wildman–Crippen MR) is 114 cm³/mol. The number of ether oxygens (including phenoxy) is 1. The number of hydrogen-bond acceptors (Lipinski definition) is 8. The Bertz CT molecular complexity index is 1130. The van der Waals surface area contributed by atoms with Crippen molar-refractivity contribution in [2.75, 3.05) is 11.1 Å². The molecule has 9 heteroatoms. The van der Waals surface area contributed by atoms with Crippen LogP contribution in [0.15, 0.2) is 59.6 Å². The van der Waals surface area contributed by atoms with Crippen molar-refractivity contribution in [3.8, 4) is 5.75 Å². The van der Waals surface area contributed by atoms with Crippen LogP contribution in [0.4, 0.5) is 5.13 Å². The van der Waals surface area contributed by atoms with E-state index in [2.05, 4.69) is 25.5 Å². The fourth-order valence-electron chi connectivity index (χ4n) is 2.57. The van der Waals surface area contributed by atoms with Gasteiger partial charge in [-0.25, -0.2) is 9.97 Å². The fraction of sp³-hybridized carbons (Fsp3) is 0.150. The van der Waals surface area contributed by atoms with Gasteiger partial charge in [-0.15, -0.1) is 10.2 Å². The zero-order chi connectivity index (χ0) is 20.1. The van der Waals surface area contributed by atoms with Gasteiger partial charge < -0.3 is 4.74 Å². The lowest BCUT2D eigenvalue weighted by Gasteiger charge is -2.09. The second-order valence-corrected chi connectivity index (χ2v) is 8.17. The Morgan fingerprint density at radius 2 is 1.86 bits per heavy atom. The van der Waals surface area contributed by atoms with Gasteiger partial charge in [0.1, 0.15) is 22.4 Å². The van der Waals surface area contributed by atoms with E-state index in [1.165, 1.54) is 23.1 Å². The normalized spacial score (nSPS) is 10.8. The van der Waals surface area contributed by atoms with Gasteiger partial charge in [-0.05, 0) is 25.1 Å². The summed E-state index contributed by atoms with van der Waals surface area (Å²) in [5.74, 6) is 1.37. The number of carbonyl (C=O) groups excluding carboxylic acids is 1. The molecule has 0 unspecified atom stereocenters. The molecule has 0 aliphatic heterocycles. The third kappa shape index (κ3) is 5.07. The summed E-state index contributed by atoms with van der Waals surface area (Å²) in [6.45, 7) is 2.09. The van der Waals surface area contributed by atoms with E-state index in [4.69, 9.17) is 4.74 Å². The van der Waals surface area contributed by atoms with Gasteiger partial charge in [0, 0.05) is 5.39 Å². The molecule has 1 amide bonds. The molecule has 0 aliphatic carbocycles. The Morgan fingerprint density at radius 1 is 1.07 bits per heavy atom. The summed E-state index contributed by atoms with van der Waals surface area (Å²) in [6, 6.07) is 17.3. The molecule has 7 nitrogen and oxygen atoms in total. The largest absolute Gasteiger partial charge is 0.486 e. The molecular formula is C20H17N5O2S2. The van der Waals surface area contributed by atoms with Gasteiger partial charge in [0.25, 0.3) is 0 Å². The van der Waals surface area contributed by atoms with Crippen LogP contribution < -0.4 is 10.1 Å². The van der Waals surface area contributed by atoms with E-state index < -0.39 is 0 Å². The van der Waals surface area contributed by atoms with E-state index in [9.17, 15) is 4.79 Å². The monoisotopic (exact) mass is 423 g/mol. The fourth-order valence-corrected chi connectivity index (χ4v) is 4.01. The summed E-state index contributed by atoms with van der Waals surface area (Å²) in [7, 11) is 0. The van der Waals surface area contributed by atoms with Gasteiger partial charge in [-0.1, -0.05) is 59.5 Å². The quantitative estimate of drug-likeness (QED) is 0.353. The second-order valence-electron chi connectivity index (χ2n) is 6.03. The number of para-hydroxylation sites is 2. The molecule has 0 radical (unpaired) electrons. The lowest BCUT2D eigenvalue weighted by molar-refractivity contribution is -0.113. The maximum absolute atomic E-state index is 12.3. The third-order valence-corrected chi connectivity index (χ3v) is 5.58. The number of anilines is 1. The average molecular weight is 424 g/mol. The number of nitrogens with one attached hydrogen (secondary N) is 1. The van der Waals surface area contributed by atoms with E-state index in [-0.39, 0.29) is 18.3 Å². The Kier molecular flexibility index (Phi) is 5.97. The standard InChI is InChI=1S/C20H17N5O2S2/c1-13-24-25-20(29-13)23-18(26)12-28-19-15-9-5-6-10-16(15)21-17(22-19)11-27-14-7-3-2-4-8-14/h2-10H,11-12H2,1H3,(H,23,25,26). The van der Waals surface area contributed by atoms with E-state index in [0.29, 0.717) is 11.0 Å². The van der Waals surface area contributed by atoms with Crippen LogP contribution in [0, 0.1) is 6.92 Å². The summed E-state index contributed by atoms with van der Waals surface area (Å²) in [5.41, 5.74) is 0.816. The SMILES string of the molecule is Cc1nnc(NC(=O)CSc2nc(COc3ccccc3)nc3ccccc23)s1. The van der Waals surface area contributed by atoms with Gasteiger partial charge in [0.2, 0.25) is 11.0 Å². The molecule has 0 fully saturated rings. The van der Waals surface area contributed by atoms with Gasteiger partial charge in [-0.2, -0.15) is 0 Å². The number of benzene rings is 2. The maximum Gasteiger partial charge on any atom is 0.236 e. The highest BCUT2D eigenvalue weighted by molar-refractivity contribution is 8.00. The summed E-state index contributed by atoms with van der Waals surface area (Å²) >= 11 is 2.70. The van der Waals surface area contributed by atoms with Crippen LogP contribution >= 0.6 is 23.1 Å². The number of rotatable bonds is 7. The third-order valence-electron chi connectivity index (χ3n) is 3.84. The van der Waals surface area contributed by atoms with Crippen LogP contribution in [0.1, 0.15) is 10.8 Å². The average Bonchev–Trinajstić information content (AvgIpc) is 3.15. The molecule has 0 atom stereocenters. The number of aromatic nitrogens is 4. The molecule has 4 rings (SSSR count). The van der Waals surface area contributed by atoms with Crippen molar-refractivity contribution in [3.05, 3.63) is 65.4 Å². The molecular weight excluding hydrogens is 406 g/mol. The molecule has 2 aromatic heterocycles. The highest BCUT2D eigenvalue weighted by Gasteiger charge is 2.12. The minimum Gasteiger partial charge on any atom is -0.486 e. The molecule has 2 aromatic carbocycles. The molecule has 0 saturated carbocycles. The Hall–Kier alpha value is -3.04. The van der Waals surface area contributed by atoms with E-state index >= 15 is 0 Å². The minimum absolute atomic E-state index is 0.157. The zero-order valence-corrected chi connectivity index (χ0v) is 17.2. The first-order valence-electron chi connectivity index (χ1n) is 8.83. The number of fused-ring (bicyclic) bond motifs is 1. The van der Waals surface area contributed by atoms with Crippen LogP contribution in [-0.4, -0.2) is 31.8 Å². The second kappa shape index (κ2) is 8.97. The number of amides is 1. The molecule has 0 aliphatic rings. The van der Waals surface area contributed by atoms with Crippen LogP contribution in [0.25, 0.3) is 10.9 Å². The lowest BCUT2D eigenvalue weighted by atomic mass is 10.2. The zero-order valence-electron chi connectivity index (χ0n) is 15.5. The summed E-state index contributed by atoms with van der Waals surface area (Å²) < 4.78 is 5.78. The first kappa shape index (κ1) is 19.3. The first-order chi connectivity index (χ1) is 14.2. The van der Waals surface area contributed by atoms with E-state index in [0.717, 1.165) is 26.7 Å².